The van der Waals surface area contributed by atoms with E-state index in [0.29, 0.717) is 16.5 Å². The van der Waals surface area contributed by atoms with Crippen molar-refractivity contribution in [3.8, 4) is 17.1 Å². The second-order valence-electron chi connectivity index (χ2n) is 8.76. The topological polar surface area (TPSA) is 84.6 Å². The van der Waals surface area contributed by atoms with E-state index in [1.54, 1.807) is 11.6 Å². The predicted octanol–water partition coefficient (Wildman–Crippen LogP) is 4.55. The van der Waals surface area contributed by atoms with Crippen LogP contribution < -0.4 is 15.0 Å². The molecular weight excluding hydrogens is 464 g/mol. The summed E-state index contributed by atoms with van der Waals surface area (Å²) in [6, 6.07) is 19.1. The summed E-state index contributed by atoms with van der Waals surface area (Å²) in [6.45, 7) is 3.52. The van der Waals surface area contributed by atoms with Crippen molar-refractivity contribution in [2.45, 2.75) is 25.8 Å². The fraction of sp³-hybridized carbons (Fsp3) is 0.308. The number of carbonyl (C=O) groups excluding carboxylic acids is 1. The summed E-state index contributed by atoms with van der Waals surface area (Å²) in [5, 5.41) is 17.2. The highest BCUT2D eigenvalue weighted by molar-refractivity contribution is 6.30. The van der Waals surface area contributed by atoms with Crippen molar-refractivity contribution in [1.82, 2.24) is 25.1 Å². The second kappa shape index (κ2) is 9.92. The van der Waals surface area contributed by atoms with Crippen LogP contribution in [0.3, 0.4) is 0 Å². The fourth-order valence-electron chi connectivity index (χ4n) is 4.40. The number of piperidine rings is 1. The third kappa shape index (κ3) is 4.93. The van der Waals surface area contributed by atoms with Crippen LogP contribution in [-0.4, -0.2) is 45.9 Å². The number of carbonyl (C=O) groups is 1. The first kappa shape index (κ1) is 23.1. The average Bonchev–Trinajstić information content (AvgIpc) is 3.32. The summed E-state index contributed by atoms with van der Waals surface area (Å²) in [5.74, 6) is 2.40. The Morgan fingerprint density at radius 2 is 1.74 bits per heavy atom. The van der Waals surface area contributed by atoms with Gasteiger partial charge in [-0.2, -0.15) is 4.52 Å². The molecule has 2 aromatic carbocycles. The molecule has 1 atom stereocenters. The van der Waals surface area contributed by atoms with Crippen LogP contribution in [0.15, 0.2) is 60.7 Å². The van der Waals surface area contributed by atoms with Gasteiger partial charge in [-0.05, 0) is 73.9 Å². The van der Waals surface area contributed by atoms with Crippen molar-refractivity contribution in [2.75, 3.05) is 25.1 Å². The molecule has 1 aliphatic heterocycles. The largest absolute Gasteiger partial charge is 0.497 e. The van der Waals surface area contributed by atoms with Crippen LogP contribution in [0.25, 0.3) is 17.0 Å². The number of methoxy groups -OCH3 is 1. The van der Waals surface area contributed by atoms with Gasteiger partial charge in [0, 0.05) is 29.6 Å². The van der Waals surface area contributed by atoms with Gasteiger partial charge in [-0.3, -0.25) is 4.79 Å². The number of fused-ring (bicyclic) bond motifs is 1. The summed E-state index contributed by atoms with van der Waals surface area (Å²) in [6.07, 6.45) is 1.54. The van der Waals surface area contributed by atoms with Crippen molar-refractivity contribution in [2.24, 2.45) is 5.92 Å². The molecule has 0 saturated carbocycles. The van der Waals surface area contributed by atoms with Crippen molar-refractivity contribution in [3.63, 3.8) is 0 Å². The lowest BCUT2D eigenvalue weighted by Gasteiger charge is -2.32. The van der Waals surface area contributed by atoms with Gasteiger partial charge in [-0.1, -0.05) is 23.7 Å². The van der Waals surface area contributed by atoms with Gasteiger partial charge in [-0.25, -0.2) is 0 Å². The molecule has 0 bridgehead atoms. The number of ether oxygens (including phenoxy) is 1. The van der Waals surface area contributed by atoms with Crippen molar-refractivity contribution in [3.05, 3.63) is 71.2 Å². The molecule has 180 valence electrons. The van der Waals surface area contributed by atoms with Crippen LogP contribution >= 0.6 is 11.6 Å². The molecule has 8 nitrogen and oxygen atoms in total. The quantitative estimate of drug-likeness (QED) is 0.427. The van der Waals surface area contributed by atoms with Gasteiger partial charge < -0.3 is 15.0 Å². The van der Waals surface area contributed by atoms with Gasteiger partial charge in [0.25, 0.3) is 0 Å². The number of hydrogen-bond acceptors (Lipinski definition) is 6. The van der Waals surface area contributed by atoms with Gasteiger partial charge in [0.2, 0.25) is 5.91 Å². The maximum Gasteiger partial charge on any atom is 0.223 e. The maximum atomic E-state index is 12.9. The number of hydrogen-bond donors (Lipinski definition) is 1. The van der Waals surface area contributed by atoms with E-state index >= 15 is 0 Å². The Labute approximate surface area is 208 Å². The van der Waals surface area contributed by atoms with Gasteiger partial charge in [0.1, 0.15) is 11.6 Å². The van der Waals surface area contributed by atoms with Crippen LogP contribution in [0.4, 0.5) is 5.82 Å². The lowest BCUT2D eigenvalue weighted by atomic mass is 9.95. The van der Waals surface area contributed by atoms with Crippen molar-refractivity contribution >= 4 is 29.0 Å². The highest BCUT2D eigenvalue weighted by Gasteiger charge is 2.27. The normalized spacial score (nSPS) is 15.2. The van der Waals surface area contributed by atoms with Crippen LogP contribution in [0.5, 0.6) is 5.75 Å². The van der Waals surface area contributed by atoms with Crippen molar-refractivity contribution in [1.29, 1.82) is 0 Å². The van der Waals surface area contributed by atoms with E-state index in [4.69, 9.17) is 21.4 Å². The number of aromatic nitrogens is 4. The summed E-state index contributed by atoms with van der Waals surface area (Å²) >= 11 is 6.02. The van der Waals surface area contributed by atoms with Crippen LogP contribution in [-0.2, 0) is 4.79 Å². The Balaban J connectivity index is 1.23. The first-order chi connectivity index (χ1) is 17.0. The molecular formula is C26H27ClN6O2. The van der Waals surface area contributed by atoms with Gasteiger partial charge in [-0.15, -0.1) is 15.3 Å². The minimum absolute atomic E-state index is 0.0183. The predicted molar refractivity (Wildman–Crippen MR) is 136 cm³/mol. The van der Waals surface area contributed by atoms with E-state index in [1.807, 2.05) is 67.6 Å². The molecule has 0 radical (unpaired) electrons. The number of rotatable bonds is 6. The molecule has 0 unspecified atom stereocenters. The Hall–Kier alpha value is -3.65. The Kier molecular flexibility index (Phi) is 6.55. The lowest BCUT2D eigenvalue weighted by molar-refractivity contribution is -0.126. The number of benzene rings is 2. The SMILES string of the molecule is COc1ccc([C@@H](C)NC(=O)C2CCN(c3ccc4nnc(-c5ccc(Cl)cc5)n4n3)CC2)cc1. The maximum absolute atomic E-state index is 12.9. The van der Waals surface area contributed by atoms with Crippen molar-refractivity contribution < 1.29 is 9.53 Å². The van der Waals surface area contributed by atoms with E-state index in [-0.39, 0.29) is 17.9 Å². The van der Waals surface area contributed by atoms with Gasteiger partial charge in [0.15, 0.2) is 11.5 Å². The number of nitrogens with zero attached hydrogens (tertiary/aromatic N) is 5. The summed E-state index contributed by atoms with van der Waals surface area (Å²) in [4.78, 5) is 15.1. The Bertz CT molecular complexity index is 1310. The summed E-state index contributed by atoms with van der Waals surface area (Å²) in [5.41, 5.74) is 2.63. The summed E-state index contributed by atoms with van der Waals surface area (Å²) < 4.78 is 6.97. The zero-order chi connectivity index (χ0) is 24.4. The molecule has 1 fully saturated rings. The molecule has 3 heterocycles. The van der Waals surface area contributed by atoms with Crippen LogP contribution in [0.2, 0.25) is 5.02 Å². The molecule has 0 spiro atoms. The minimum Gasteiger partial charge on any atom is -0.497 e. The number of amides is 1. The smallest absolute Gasteiger partial charge is 0.223 e. The molecule has 1 amide bonds. The molecule has 1 aliphatic rings. The Morgan fingerprint density at radius 3 is 2.43 bits per heavy atom. The zero-order valence-corrected chi connectivity index (χ0v) is 20.4. The average molecular weight is 491 g/mol. The first-order valence-corrected chi connectivity index (χ1v) is 12.1. The Morgan fingerprint density at radius 1 is 1.03 bits per heavy atom. The fourth-order valence-corrected chi connectivity index (χ4v) is 4.53. The highest BCUT2D eigenvalue weighted by Crippen LogP contribution is 2.26. The van der Waals surface area contributed by atoms with Crippen LogP contribution in [0.1, 0.15) is 31.4 Å². The second-order valence-corrected chi connectivity index (χ2v) is 9.19. The minimum atomic E-state index is -0.0597. The molecule has 1 N–H and O–H groups in total. The number of nitrogens with one attached hydrogen (secondary N) is 1. The third-order valence-corrected chi connectivity index (χ3v) is 6.77. The van der Waals surface area contributed by atoms with Gasteiger partial charge >= 0.3 is 0 Å². The standard InChI is InChI=1S/C26H27ClN6O2/c1-17(18-5-9-22(35-2)10-6-18)28-26(34)20-13-15-32(16-14-20)24-12-11-23-29-30-25(33(23)31-24)19-3-7-21(27)8-4-19/h3-12,17,20H,13-16H2,1-2H3,(H,28,34)/t17-/m1/s1. The molecule has 0 aliphatic carbocycles. The van der Waals surface area contributed by atoms with E-state index in [1.165, 1.54) is 0 Å². The molecule has 1 saturated heterocycles. The molecule has 5 rings (SSSR count). The summed E-state index contributed by atoms with van der Waals surface area (Å²) in [7, 11) is 1.64. The molecule has 4 aromatic rings. The first-order valence-electron chi connectivity index (χ1n) is 11.7. The third-order valence-electron chi connectivity index (χ3n) is 6.52. The van der Waals surface area contributed by atoms with E-state index in [2.05, 4.69) is 20.4 Å². The number of halogens is 1. The van der Waals surface area contributed by atoms with E-state index in [9.17, 15) is 4.79 Å². The monoisotopic (exact) mass is 490 g/mol. The molecule has 35 heavy (non-hydrogen) atoms. The molecule has 9 heteroatoms. The van der Waals surface area contributed by atoms with Gasteiger partial charge in [0.05, 0.1) is 13.2 Å². The van der Waals surface area contributed by atoms with Crippen LogP contribution in [0, 0.1) is 5.92 Å². The van der Waals surface area contributed by atoms with E-state index in [0.717, 1.165) is 48.6 Å². The number of anilines is 1. The zero-order valence-electron chi connectivity index (χ0n) is 19.7. The van der Waals surface area contributed by atoms with E-state index < -0.39 is 0 Å². The highest BCUT2D eigenvalue weighted by atomic mass is 35.5. The molecule has 2 aromatic heterocycles. The lowest BCUT2D eigenvalue weighted by Crippen LogP contribution is -2.41.